The number of ketones is 1. The molecule has 7 heteroatoms. The Balaban J connectivity index is 1.67. The average Bonchev–Trinajstić information content (AvgIpc) is 2.73. The van der Waals surface area contributed by atoms with E-state index in [2.05, 4.69) is 21.2 Å². The minimum atomic E-state index is -0.171. The molecular formula is C23H26BrN3O3. The van der Waals surface area contributed by atoms with E-state index in [1.807, 2.05) is 30.9 Å². The molecule has 0 bridgehead atoms. The normalized spacial score (nSPS) is 14.6. The number of carbonyl (C=O) groups excluding carboxylic acids is 3. The van der Waals surface area contributed by atoms with Gasteiger partial charge in [-0.3, -0.25) is 19.3 Å². The lowest BCUT2D eigenvalue weighted by molar-refractivity contribution is -0.123. The minimum absolute atomic E-state index is 0.00443. The van der Waals surface area contributed by atoms with Gasteiger partial charge in [0.1, 0.15) is 0 Å². The molecule has 1 aliphatic heterocycles. The van der Waals surface area contributed by atoms with Crippen LogP contribution in [0.1, 0.15) is 40.1 Å². The molecule has 0 spiro atoms. The Hall–Kier alpha value is -2.51. The molecule has 1 saturated heterocycles. The minimum Gasteiger partial charge on any atom is -0.353 e. The zero-order valence-electron chi connectivity index (χ0n) is 17.2. The Labute approximate surface area is 185 Å². The fraction of sp³-hybridized carbons (Fsp3) is 0.348. The lowest BCUT2D eigenvalue weighted by Crippen LogP contribution is -2.51. The second-order valence-corrected chi connectivity index (χ2v) is 8.59. The molecule has 0 radical (unpaired) electrons. The van der Waals surface area contributed by atoms with Gasteiger partial charge in [0.05, 0.1) is 12.1 Å². The summed E-state index contributed by atoms with van der Waals surface area (Å²) in [6.07, 6.45) is 0. The van der Waals surface area contributed by atoms with Gasteiger partial charge in [-0.15, -0.1) is 0 Å². The Morgan fingerprint density at radius 3 is 2.13 bits per heavy atom. The van der Waals surface area contributed by atoms with Gasteiger partial charge >= 0.3 is 0 Å². The number of carbonyl (C=O) groups is 3. The standard InChI is InChI=1S/C23H26BrN3O3/c1-16(2)25-21(28)15-26-11-13-27(14-12-26)23(30)20-6-4-3-5-19(20)22(29)17-7-9-18(24)10-8-17/h3-10,16H,11-15H2,1-2H3,(H,25,28). The van der Waals surface area contributed by atoms with Crippen LogP contribution in [0.15, 0.2) is 53.0 Å². The van der Waals surface area contributed by atoms with E-state index >= 15 is 0 Å². The highest BCUT2D eigenvalue weighted by molar-refractivity contribution is 9.10. The summed E-state index contributed by atoms with van der Waals surface area (Å²) in [6.45, 7) is 6.49. The first kappa shape index (κ1) is 22.2. The Bertz CT molecular complexity index is 920. The molecule has 1 heterocycles. The second kappa shape index (κ2) is 10.00. The van der Waals surface area contributed by atoms with Crippen molar-refractivity contribution in [1.82, 2.24) is 15.1 Å². The third-order valence-electron chi connectivity index (χ3n) is 4.98. The number of halogens is 1. The van der Waals surface area contributed by atoms with Crippen molar-refractivity contribution in [3.63, 3.8) is 0 Å². The SMILES string of the molecule is CC(C)NC(=O)CN1CCN(C(=O)c2ccccc2C(=O)c2ccc(Br)cc2)CC1. The van der Waals surface area contributed by atoms with Gasteiger partial charge in [0.2, 0.25) is 5.91 Å². The van der Waals surface area contributed by atoms with Crippen molar-refractivity contribution in [2.75, 3.05) is 32.7 Å². The Morgan fingerprint density at radius 2 is 1.53 bits per heavy atom. The highest BCUT2D eigenvalue weighted by Crippen LogP contribution is 2.19. The fourth-order valence-electron chi connectivity index (χ4n) is 3.47. The predicted molar refractivity (Wildman–Crippen MR) is 120 cm³/mol. The van der Waals surface area contributed by atoms with Gasteiger partial charge in [-0.05, 0) is 44.2 Å². The summed E-state index contributed by atoms with van der Waals surface area (Å²) in [5, 5.41) is 2.89. The number of amides is 2. The van der Waals surface area contributed by atoms with Gasteiger partial charge in [-0.25, -0.2) is 0 Å². The molecule has 0 unspecified atom stereocenters. The van der Waals surface area contributed by atoms with Crippen molar-refractivity contribution in [2.45, 2.75) is 19.9 Å². The van der Waals surface area contributed by atoms with E-state index in [0.717, 1.165) is 4.47 Å². The summed E-state index contributed by atoms with van der Waals surface area (Å²) in [6, 6.07) is 14.2. The Kier molecular flexibility index (Phi) is 7.39. The number of piperazine rings is 1. The molecule has 1 fully saturated rings. The number of hydrogen-bond donors (Lipinski definition) is 1. The van der Waals surface area contributed by atoms with Gasteiger partial charge in [0, 0.05) is 47.8 Å². The molecule has 3 rings (SSSR count). The number of benzene rings is 2. The second-order valence-electron chi connectivity index (χ2n) is 7.67. The van der Waals surface area contributed by atoms with Crippen LogP contribution in [0, 0.1) is 0 Å². The monoisotopic (exact) mass is 471 g/mol. The number of rotatable bonds is 6. The van der Waals surface area contributed by atoms with Gasteiger partial charge in [-0.2, -0.15) is 0 Å². The molecule has 0 aliphatic carbocycles. The van der Waals surface area contributed by atoms with Crippen molar-refractivity contribution >= 4 is 33.5 Å². The van der Waals surface area contributed by atoms with Gasteiger partial charge < -0.3 is 10.2 Å². The van der Waals surface area contributed by atoms with Crippen molar-refractivity contribution in [3.05, 3.63) is 69.7 Å². The average molecular weight is 472 g/mol. The molecule has 0 saturated carbocycles. The summed E-state index contributed by atoms with van der Waals surface area (Å²) in [5.74, 6) is -0.326. The van der Waals surface area contributed by atoms with Crippen LogP contribution < -0.4 is 5.32 Å². The van der Waals surface area contributed by atoms with Crippen LogP contribution in [0.4, 0.5) is 0 Å². The molecule has 2 aromatic carbocycles. The largest absolute Gasteiger partial charge is 0.353 e. The molecule has 30 heavy (non-hydrogen) atoms. The molecule has 158 valence electrons. The lowest BCUT2D eigenvalue weighted by atomic mass is 9.97. The summed E-state index contributed by atoms with van der Waals surface area (Å²) < 4.78 is 0.892. The summed E-state index contributed by atoms with van der Waals surface area (Å²) in [5.41, 5.74) is 1.36. The van der Waals surface area contributed by atoms with Gasteiger partial charge in [0.25, 0.3) is 5.91 Å². The smallest absolute Gasteiger partial charge is 0.254 e. The first-order chi connectivity index (χ1) is 14.3. The van der Waals surface area contributed by atoms with Crippen LogP contribution in [0.25, 0.3) is 0 Å². The van der Waals surface area contributed by atoms with Crippen LogP contribution in [0.2, 0.25) is 0 Å². The molecule has 1 aliphatic rings. The molecule has 0 aromatic heterocycles. The Morgan fingerprint density at radius 1 is 0.933 bits per heavy atom. The first-order valence-electron chi connectivity index (χ1n) is 10.1. The molecule has 2 aromatic rings. The maximum atomic E-state index is 13.2. The summed E-state index contributed by atoms with van der Waals surface area (Å²) in [7, 11) is 0. The van der Waals surface area contributed by atoms with E-state index in [0.29, 0.717) is 49.4 Å². The van der Waals surface area contributed by atoms with Crippen molar-refractivity contribution in [3.8, 4) is 0 Å². The fourth-order valence-corrected chi connectivity index (χ4v) is 3.74. The van der Waals surface area contributed by atoms with Crippen molar-refractivity contribution in [1.29, 1.82) is 0 Å². The van der Waals surface area contributed by atoms with E-state index in [-0.39, 0.29) is 23.6 Å². The van der Waals surface area contributed by atoms with E-state index in [9.17, 15) is 14.4 Å². The topological polar surface area (TPSA) is 69.7 Å². The molecule has 1 N–H and O–H groups in total. The van der Waals surface area contributed by atoms with Crippen LogP contribution in [-0.4, -0.2) is 66.2 Å². The van der Waals surface area contributed by atoms with Gasteiger partial charge in [-0.1, -0.05) is 34.1 Å². The number of nitrogens with one attached hydrogen (secondary N) is 1. The third kappa shape index (κ3) is 5.55. The zero-order valence-corrected chi connectivity index (χ0v) is 18.8. The first-order valence-corrected chi connectivity index (χ1v) is 10.8. The van der Waals surface area contributed by atoms with Crippen LogP contribution in [0.3, 0.4) is 0 Å². The quantitative estimate of drug-likeness (QED) is 0.657. The highest BCUT2D eigenvalue weighted by atomic mass is 79.9. The lowest BCUT2D eigenvalue weighted by Gasteiger charge is -2.34. The van der Waals surface area contributed by atoms with Crippen LogP contribution >= 0.6 is 15.9 Å². The summed E-state index contributed by atoms with van der Waals surface area (Å²) >= 11 is 3.37. The van der Waals surface area contributed by atoms with Crippen molar-refractivity contribution < 1.29 is 14.4 Å². The van der Waals surface area contributed by atoms with E-state index < -0.39 is 0 Å². The van der Waals surface area contributed by atoms with Gasteiger partial charge in [0.15, 0.2) is 5.78 Å². The highest BCUT2D eigenvalue weighted by Gasteiger charge is 2.26. The maximum absolute atomic E-state index is 13.2. The molecule has 0 atom stereocenters. The third-order valence-corrected chi connectivity index (χ3v) is 5.51. The molecule has 2 amide bonds. The van der Waals surface area contributed by atoms with Crippen LogP contribution in [-0.2, 0) is 4.79 Å². The van der Waals surface area contributed by atoms with Crippen molar-refractivity contribution in [2.24, 2.45) is 0 Å². The maximum Gasteiger partial charge on any atom is 0.254 e. The van der Waals surface area contributed by atoms with E-state index in [1.165, 1.54) is 0 Å². The van der Waals surface area contributed by atoms with E-state index in [1.54, 1.807) is 41.3 Å². The number of hydrogen-bond acceptors (Lipinski definition) is 4. The van der Waals surface area contributed by atoms with Crippen LogP contribution in [0.5, 0.6) is 0 Å². The molecule has 6 nitrogen and oxygen atoms in total. The zero-order chi connectivity index (χ0) is 21.7. The van der Waals surface area contributed by atoms with E-state index in [4.69, 9.17) is 0 Å². The predicted octanol–water partition coefficient (Wildman–Crippen LogP) is 2.96. The summed E-state index contributed by atoms with van der Waals surface area (Å²) in [4.78, 5) is 41.9. The molecular weight excluding hydrogens is 446 g/mol. The number of nitrogens with zero attached hydrogens (tertiary/aromatic N) is 2.